The van der Waals surface area contributed by atoms with Gasteiger partial charge < -0.3 is 21.5 Å². The van der Waals surface area contributed by atoms with E-state index < -0.39 is 29.8 Å². The Hall–Kier alpha value is -1.63. The maximum atomic E-state index is 11.9. The van der Waals surface area contributed by atoms with Gasteiger partial charge in [0, 0.05) is 6.54 Å². The van der Waals surface area contributed by atoms with Crippen LogP contribution in [0.1, 0.15) is 19.8 Å². The van der Waals surface area contributed by atoms with Crippen LogP contribution in [-0.2, 0) is 14.4 Å². The molecule has 1 rings (SSSR count). The molecule has 7 heteroatoms. The molecule has 0 aromatic carbocycles. The van der Waals surface area contributed by atoms with Gasteiger partial charge in [0.25, 0.3) is 0 Å². The topological polar surface area (TPSA) is 122 Å². The first-order chi connectivity index (χ1) is 7.85. The van der Waals surface area contributed by atoms with Gasteiger partial charge in [-0.25, -0.2) is 4.79 Å². The summed E-state index contributed by atoms with van der Waals surface area (Å²) in [4.78, 5) is 33.4. The van der Waals surface area contributed by atoms with E-state index in [2.05, 4.69) is 10.6 Å². The first-order valence-electron chi connectivity index (χ1n) is 5.38. The predicted octanol–water partition coefficient (Wildman–Crippen LogP) is -1.57. The molecule has 2 unspecified atom stereocenters. The normalized spacial score (nSPS) is 25.2. The summed E-state index contributed by atoms with van der Waals surface area (Å²) in [5.74, 6) is -2.38. The molecular formula is C10H17N3O4. The number of nitrogens with two attached hydrogens (primary N) is 1. The molecule has 0 aromatic heterocycles. The minimum absolute atomic E-state index is 0.365. The van der Waals surface area contributed by atoms with Crippen LogP contribution in [0.15, 0.2) is 0 Å². The highest BCUT2D eigenvalue weighted by atomic mass is 16.4. The number of hydrogen-bond acceptors (Lipinski definition) is 4. The molecular weight excluding hydrogens is 226 g/mol. The third-order valence-corrected chi connectivity index (χ3v) is 2.93. The minimum Gasteiger partial charge on any atom is -0.480 e. The Kier molecular flexibility index (Phi) is 4.06. The Morgan fingerprint density at radius 2 is 2.18 bits per heavy atom. The second-order valence-electron chi connectivity index (χ2n) is 4.52. The van der Waals surface area contributed by atoms with Crippen LogP contribution < -0.4 is 16.4 Å². The van der Waals surface area contributed by atoms with Crippen LogP contribution in [0.5, 0.6) is 0 Å². The van der Waals surface area contributed by atoms with Gasteiger partial charge in [-0.1, -0.05) is 0 Å². The van der Waals surface area contributed by atoms with Crippen LogP contribution in [0.25, 0.3) is 0 Å². The summed E-state index contributed by atoms with van der Waals surface area (Å²) >= 11 is 0. The van der Waals surface area contributed by atoms with E-state index in [0.717, 1.165) is 6.54 Å². The zero-order valence-electron chi connectivity index (χ0n) is 9.66. The zero-order valence-corrected chi connectivity index (χ0v) is 9.66. The molecule has 0 radical (unpaired) electrons. The molecule has 0 aliphatic carbocycles. The van der Waals surface area contributed by atoms with Crippen LogP contribution in [0.4, 0.5) is 0 Å². The standard InChI is InChI=1S/C10H17N3O4/c1-10(2-3-12-5-10)9(17)13-6(8(15)16)4-7(11)14/h6,12H,2-5H2,1H3,(H2,11,14)(H,13,17)(H,15,16). The van der Waals surface area contributed by atoms with Crippen LogP contribution in [-0.4, -0.2) is 42.0 Å². The van der Waals surface area contributed by atoms with E-state index >= 15 is 0 Å². The molecule has 0 spiro atoms. The van der Waals surface area contributed by atoms with E-state index in [0.29, 0.717) is 13.0 Å². The molecule has 5 N–H and O–H groups in total. The smallest absolute Gasteiger partial charge is 0.326 e. The maximum Gasteiger partial charge on any atom is 0.326 e. The summed E-state index contributed by atoms with van der Waals surface area (Å²) in [6, 6.07) is -1.25. The van der Waals surface area contributed by atoms with Gasteiger partial charge in [0.2, 0.25) is 11.8 Å². The molecule has 0 saturated carbocycles. The Labute approximate surface area is 98.7 Å². The third-order valence-electron chi connectivity index (χ3n) is 2.93. The fraction of sp³-hybridized carbons (Fsp3) is 0.700. The lowest BCUT2D eigenvalue weighted by Crippen LogP contribution is -2.49. The molecule has 1 saturated heterocycles. The monoisotopic (exact) mass is 243 g/mol. The second-order valence-corrected chi connectivity index (χ2v) is 4.52. The van der Waals surface area contributed by atoms with Crippen molar-refractivity contribution in [2.24, 2.45) is 11.1 Å². The molecule has 1 aliphatic heterocycles. The van der Waals surface area contributed by atoms with Crippen molar-refractivity contribution in [3.8, 4) is 0 Å². The summed E-state index contributed by atoms with van der Waals surface area (Å²) in [5.41, 5.74) is 4.31. The van der Waals surface area contributed by atoms with Crippen molar-refractivity contribution in [3.63, 3.8) is 0 Å². The summed E-state index contributed by atoms with van der Waals surface area (Å²) in [5, 5.41) is 14.2. The van der Waals surface area contributed by atoms with Crippen LogP contribution in [0, 0.1) is 5.41 Å². The first-order valence-corrected chi connectivity index (χ1v) is 5.38. The third kappa shape index (κ3) is 3.42. The highest BCUT2D eigenvalue weighted by Gasteiger charge is 2.38. The lowest BCUT2D eigenvalue weighted by molar-refractivity contribution is -0.144. The number of nitrogens with one attached hydrogen (secondary N) is 2. The van der Waals surface area contributed by atoms with Crippen LogP contribution >= 0.6 is 0 Å². The molecule has 2 atom stereocenters. The number of rotatable bonds is 5. The fourth-order valence-corrected chi connectivity index (χ4v) is 1.74. The van der Waals surface area contributed by atoms with Crippen LogP contribution in [0.3, 0.4) is 0 Å². The van der Waals surface area contributed by atoms with Crippen LogP contribution in [0.2, 0.25) is 0 Å². The number of carbonyl (C=O) groups is 3. The number of aliphatic carboxylic acids is 1. The average molecular weight is 243 g/mol. The van der Waals surface area contributed by atoms with E-state index in [1.54, 1.807) is 6.92 Å². The highest BCUT2D eigenvalue weighted by Crippen LogP contribution is 2.24. The van der Waals surface area contributed by atoms with Crippen molar-refractivity contribution in [1.29, 1.82) is 0 Å². The van der Waals surface area contributed by atoms with Gasteiger partial charge in [-0.3, -0.25) is 9.59 Å². The summed E-state index contributed by atoms with van der Waals surface area (Å²) in [6.45, 7) is 2.98. The molecule has 17 heavy (non-hydrogen) atoms. The second kappa shape index (κ2) is 5.13. The largest absolute Gasteiger partial charge is 0.480 e. The summed E-state index contributed by atoms with van der Waals surface area (Å²) < 4.78 is 0. The Bertz CT molecular complexity index is 336. The maximum absolute atomic E-state index is 11.9. The van der Waals surface area contributed by atoms with Crippen molar-refractivity contribution in [2.75, 3.05) is 13.1 Å². The van der Waals surface area contributed by atoms with Gasteiger partial charge in [0.05, 0.1) is 11.8 Å². The number of hydrogen-bond donors (Lipinski definition) is 4. The van der Waals surface area contributed by atoms with Gasteiger partial charge in [-0.2, -0.15) is 0 Å². The number of carbonyl (C=O) groups excluding carboxylic acids is 2. The molecule has 1 fully saturated rings. The van der Waals surface area contributed by atoms with E-state index in [4.69, 9.17) is 10.8 Å². The van der Waals surface area contributed by atoms with E-state index in [1.807, 2.05) is 0 Å². The molecule has 2 amide bonds. The number of amides is 2. The quantitative estimate of drug-likeness (QED) is 0.465. The predicted molar refractivity (Wildman–Crippen MR) is 59.0 cm³/mol. The lowest BCUT2D eigenvalue weighted by Gasteiger charge is -2.24. The average Bonchev–Trinajstić information content (AvgIpc) is 2.64. The molecule has 1 aliphatic rings. The van der Waals surface area contributed by atoms with E-state index in [1.165, 1.54) is 0 Å². The first kappa shape index (κ1) is 13.4. The summed E-state index contributed by atoms with van der Waals surface area (Å²) in [7, 11) is 0. The molecule has 0 aromatic rings. The van der Waals surface area contributed by atoms with Gasteiger partial charge in [0.1, 0.15) is 6.04 Å². The van der Waals surface area contributed by atoms with Crippen molar-refractivity contribution in [2.45, 2.75) is 25.8 Å². The summed E-state index contributed by atoms with van der Waals surface area (Å²) in [6.07, 6.45) is 0.242. The SMILES string of the molecule is CC1(C(=O)NC(CC(N)=O)C(=O)O)CCNC1. The fourth-order valence-electron chi connectivity index (χ4n) is 1.74. The van der Waals surface area contributed by atoms with Gasteiger partial charge in [-0.15, -0.1) is 0 Å². The van der Waals surface area contributed by atoms with E-state index in [9.17, 15) is 14.4 Å². The Morgan fingerprint density at radius 1 is 1.53 bits per heavy atom. The lowest BCUT2D eigenvalue weighted by atomic mass is 9.88. The van der Waals surface area contributed by atoms with Gasteiger partial charge in [0.15, 0.2) is 0 Å². The minimum atomic E-state index is -1.26. The van der Waals surface area contributed by atoms with Crippen molar-refractivity contribution in [1.82, 2.24) is 10.6 Å². The zero-order chi connectivity index (χ0) is 13.1. The van der Waals surface area contributed by atoms with Crippen molar-refractivity contribution < 1.29 is 19.5 Å². The number of carboxylic acids is 1. The molecule has 1 heterocycles. The number of carboxylic acid groups (broad SMARTS) is 1. The molecule has 7 nitrogen and oxygen atoms in total. The number of primary amides is 1. The molecule has 96 valence electrons. The van der Waals surface area contributed by atoms with Crippen molar-refractivity contribution >= 4 is 17.8 Å². The van der Waals surface area contributed by atoms with Gasteiger partial charge in [-0.05, 0) is 19.9 Å². The molecule has 0 bridgehead atoms. The van der Waals surface area contributed by atoms with Gasteiger partial charge >= 0.3 is 5.97 Å². The Morgan fingerprint density at radius 3 is 2.59 bits per heavy atom. The highest BCUT2D eigenvalue weighted by molar-refractivity contribution is 5.90. The van der Waals surface area contributed by atoms with E-state index in [-0.39, 0.29) is 5.91 Å². The Balaban J connectivity index is 2.63. The van der Waals surface area contributed by atoms with Crippen molar-refractivity contribution in [3.05, 3.63) is 0 Å².